The van der Waals surface area contributed by atoms with Gasteiger partial charge in [0.15, 0.2) is 0 Å². The van der Waals surface area contributed by atoms with Gasteiger partial charge in [0.05, 0.1) is 12.2 Å². The van der Waals surface area contributed by atoms with Crippen molar-refractivity contribution >= 4 is 0 Å². The Labute approximate surface area is 163 Å². The van der Waals surface area contributed by atoms with Gasteiger partial charge in [0.2, 0.25) is 0 Å². The zero-order valence-corrected chi connectivity index (χ0v) is 17.3. The lowest BCUT2D eigenvalue weighted by molar-refractivity contribution is -0.145. The zero-order chi connectivity index (χ0) is 19.6. The van der Waals surface area contributed by atoms with Crippen LogP contribution in [-0.2, 0) is 9.57 Å². The monoisotopic (exact) mass is 374 g/mol. The number of rotatable bonds is 9. The van der Waals surface area contributed by atoms with E-state index in [0.29, 0.717) is 12.4 Å². The molecule has 2 aliphatic carbocycles. The number of nitrogens with zero attached hydrogens (tertiary/aromatic N) is 1. The molecule has 0 amide bonds. The summed E-state index contributed by atoms with van der Waals surface area (Å²) in [7, 11) is 3.78. The summed E-state index contributed by atoms with van der Waals surface area (Å²) >= 11 is 0. The summed E-state index contributed by atoms with van der Waals surface area (Å²) < 4.78 is 6.63. The second kappa shape index (κ2) is 8.21. The van der Waals surface area contributed by atoms with Crippen molar-refractivity contribution in [1.29, 1.82) is 0 Å². The van der Waals surface area contributed by atoms with Crippen LogP contribution in [-0.4, -0.2) is 43.0 Å². The summed E-state index contributed by atoms with van der Waals surface area (Å²) in [6.07, 6.45) is 5.53. The molecule has 2 N–H and O–H groups in total. The molecule has 1 aromatic carbocycles. The predicted molar refractivity (Wildman–Crippen MR) is 107 cm³/mol. The van der Waals surface area contributed by atoms with Crippen LogP contribution in [0.5, 0.6) is 5.75 Å². The second-order valence-electron chi connectivity index (χ2n) is 8.70. The molecule has 3 rings (SSSR count). The van der Waals surface area contributed by atoms with Crippen molar-refractivity contribution in [1.82, 2.24) is 10.4 Å². The summed E-state index contributed by atoms with van der Waals surface area (Å²) in [5, 5.41) is 15.3. The van der Waals surface area contributed by atoms with Gasteiger partial charge >= 0.3 is 0 Å². The Kier molecular flexibility index (Phi) is 6.14. The van der Waals surface area contributed by atoms with Crippen LogP contribution in [0.15, 0.2) is 30.0 Å². The predicted octanol–water partition coefficient (Wildman–Crippen LogP) is 4.11. The van der Waals surface area contributed by atoms with Crippen molar-refractivity contribution in [2.24, 2.45) is 5.92 Å². The van der Waals surface area contributed by atoms with E-state index in [9.17, 15) is 5.11 Å². The van der Waals surface area contributed by atoms with Crippen molar-refractivity contribution in [3.8, 4) is 5.75 Å². The molecule has 2 unspecified atom stereocenters. The maximum absolute atomic E-state index is 9.94. The van der Waals surface area contributed by atoms with Gasteiger partial charge in [-0.2, -0.15) is 5.06 Å². The van der Waals surface area contributed by atoms with E-state index < -0.39 is 0 Å². The molecule has 0 saturated heterocycles. The first-order valence-electron chi connectivity index (χ1n) is 10.0. The lowest BCUT2D eigenvalue weighted by Crippen LogP contribution is -2.35. The van der Waals surface area contributed by atoms with Crippen molar-refractivity contribution < 1.29 is 14.7 Å². The average Bonchev–Trinajstić information content (AvgIpc) is 3.39. The van der Waals surface area contributed by atoms with Crippen molar-refractivity contribution in [2.45, 2.75) is 57.7 Å². The third-order valence-corrected chi connectivity index (χ3v) is 5.34. The molecule has 2 aliphatic rings. The molecule has 0 heterocycles. The van der Waals surface area contributed by atoms with Gasteiger partial charge in [0.1, 0.15) is 11.9 Å². The van der Waals surface area contributed by atoms with Gasteiger partial charge in [-0.1, -0.05) is 19.1 Å². The number of hydroxylamine groups is 2. The average molecular weight is 375 g/mol. The van der Waals surface area contributed by atoms with Gasteiger partial charge in [-0.25, -0.2) is 0 Å². The Hall–Kier alpha value is -1.56. The largest absolute Gasteiger partial charge is 0.508 e. The standard InChI is InChI=1S/C22H34N2O3/c1-15-12-20(23-14-16-6-7-16)21(18-9-8-17(25)13-19(15)18)27-22(2,3)10-11-26-24(4)5/h8-9,12-13,15-16,21,23,25H,6-7,10-11,14H2,1-5H3. The van der Waals surface area contributed by atoms with Crippen LogP contribution in [0, 0.1) is 5.92 Å². The summed E-state index contributed by atoms with van der Waals surface area (Å²) in [6, 6.07) is 5.63. The molecule has 2 atom stereocenters. The Morgan fingerprint density at radius 2 is 1.96 bits per heavy atom. The molecule has 0 aromatic heterocycles. The normalized spacial score (nSPS) is 22.5. The minimum Gasteiger partial charge on any atom is -0.508 e. The van der Waals surface area contributed by atoms with Crippen LogP contribution in [0.4, 0.5) is 0 Å². The highest BCUT2D eigenvalue weighted by Gasteiger charge is 2.33. The first kappa shape index (κ1) is 20.2. The fourth-order valence-corrected chi connectivity index (χ4v) is 3.52. The van der Waals surface area contributed by atoms with Gasteiger partial charge in [-0.3, -0.25) is 4.84 Å². The third kappa shape index (κ3) is 5.47. The van der Waals surface area contributed by atoms with E-state index in [1.54, 1.807) is 11.1 Å². The minimum atomic E-state index is -0.337. The van der Waals surface area contributed by atoms with Crippen LogP contribution in [0.2, 0.25) is 0 Å². The fraction of sp³-hybridized carbons (Fsp3) is 0.636. The van der Waals surface area contributed by atoms with E-state index in [1.807, 2.05) is 26.2 Å². The van der Waals surface area contributed by atoms with E-state index in [4.69, 9.17) is 9.57 Å². The maximum Gasteiger partial charge on any atom is 0.123 e. The number of aromatic hydroxyl groups is 1. The molecule has 27 heavy (non-hydrogen) atoms. The number of hydrogen-bond acceptors (Lipinski definition) is 5. The third-order valence-electron chi connectivity index (χ3n) is 5.34. The van der Waals surface area contributed by atoms with Gasteiger partial charge < -0.3 is 15.2 Å². The highest BCUT2D eigenvalue weighted by Crippen LogP contribution is 2.42. The van der Waals surface area contributed by atoms with Crippen LogP contribution >= 0.6 is 0 Å². The lowest BCUT2D eigenvalue weighted by Gasteiger charge is -2.37. The molecule has 0 bridgehead atoms. The number of phenolic OH excluding ortho intramolecular Hbond substituents is 1. The second-order valence-corrected chi connectivity index (χ2v) is 8.70. The van der Waals surface area contributed by atoms with Gasteiger partial charge in [-0.05, 0) is 55.9 Å². The van der Waals surface area contributed by atoms with E-state index in [0.717, 1.165) is 35.7 Å². The number of allylic oxidation sites excluding steroid dienone is 1. The van der Waals surface area contributed by atoms with Crippen molar-refractivity contribution in [2.75, 3.05) is 27.2 Å². The van der Waals surface area contributed by atoms with Crippen LogP contribution in [0.3, 0.4) is 0 Å². The molecular formula is C22H34N2O3. The lowest BCUT2D eigenvalue weighted by atomic mass is 9.84. The number of fused-ring (bicyclic) bond motifs is 1. The SMILES string of the molecule is CC1C=C(NCC2CC2)C(OC(C)(C)CCON(C)C)c2ccc(O)cc21. The maximum atomic E-state index is 9.94. The zero-order valence-electron chi connectivity index (χ0n) is 17.3. The molecule has 1 saturated carbocycles. The van der Waals surface area contributed by atoms with E-state index >= 15 is 0 Å². The molecule has 0 radical (unpaired) electrons. The van der Waals surface area contributed by atoms with Crippen molar-refractivity contribution in [3.63, 3.8) is 0 Å². The van der Waals surface area contributed by atoms with E-state index in [1.165, 1.54) is 12.8 Å². The first-order valence-corrected chi connectivity index (χ1v) is 10.0. The molecule has 1 fully saturated rings. The number of phenols is 1. The first-order chi connectivity index (χ1) is 12.7. The Balaban J connectivity index is 1.79. The Bertz CT molecular complexity index is 680. The summed E-state index contributed by atoms with van der Waals surface area (Å²) in [4.78, 5) is 5.57. The summed E-state index contributed by atoms with van der Waals surface area (Å²) in [5.41, 5.74) is 3.09. The van der Waals surface area contributed by atoms with Crippen LogP contribution < -0.4 is 5.32 Å². The topological polar surface area (TPSA) is 54.0 Å². The number of nitrogens with one attached hydrogen (secondary N) is 1. The molecule has 150 valence electrons. The molecule has 5 heteroatoms. The summed E-state index contributed by atoms with van der Waals surface area (Å²) in [5.74, 6) is 1.35. The molecule has 1 aromatic rings. The quantitative estimate of drug-likeness (QED) is 0.637. The Morgan fingerprint density at radius 3 is 2.63 bits per heavy atom. The number of hydrogen-bond donors (Lipinski definition) is 2. The molecular weight excluding hydrogens is 340 g/mol. The smallest absolute Gasteiger partial charge is 0.123 e. The molecule has 0 spiro atoms. The van der Waals surface area contributed by atoms with E-state index in [-0.39, 0.29) is 17.6 Å². The molecule has 5 nitrogen and oxygen atoms in total. The summed E-state index contributed by atoms with van der Waals surface area (Å²) in [6.45, 7) is 8.02. The van der Waals surface area contributed by atoms with Crippen LogP contribution in [0.25, 0.3) is 0 Å². The minimum absolute atomic E-state index is 0.148. The highest BCUT2D eigenvalue weighted by atomic mass is 16.7. The number of ether oxygens (including phenoxy) is 1. The fourth-order valence-electron chi connectivity index (χ4n) is 3.52. The molecule has 0 aliphatic heterocycles. The highest BCUT2D eigenvalue weighted by molar-refractivity contribution is 5.46. The van der Waals surface area contributed by atoms with Crippen molar-refractivity contribution in [3.05, 3.63) is 41.1 Å². The van der Waals surface area contributed by atoms with E-state index in [2.05, 4.69) is 32.2 Å². The van der Waals surface area contributed by atoms with Crippen LogP contribution in [0.1, 0.15) is 63.2 Å². The van der Waals surface area contributed by atoms with Gasteiger partial charge in [0.25, 0.3) is 0 Å². The number of benzene rings is 1. The van der Waals surface area contributed by atoms with Gasteiger partial charge in [-0.15, -0.1) is 0 Å². The Morgan fingerprint density at radius 1 is 1.22 bits per heavy atom. The van der Waals surface area contributed by atoms with Gasteiger partial charge in [0, 0.05) is 38.7 Å².